The van der Waals surface area contributed by atoms with Crippen LogP contribution >= 0.6 is 11.6 Å². The van der Waals surface area contributed by atoms with E-state index >= 15 is 0 Å². The number of nitrogens with one attached hydrogen (secondary N) is 1. The quantitative estimate of drug-likeness (QED) is 0.296. The minimum atomic E-state index is -5.04. The summed E-state index contributed by atoms with van der Waals surface area (Å²) in [5.74, 6) is -0.384. The highest BCUT2D eigenvalue weighted by atomic mass is 35.5. The molecule has 2 aromatic rings. The van der Waals surface area contributed by atoms with Crippen LogP contribution in [0.3, 0.4) is 0 Å². The highest BCUT2D eigenvalue weighted by molar-refractivity contribution is 6.74. The summed E-state index contributed by atoms with van der Waals surface area (Å²) in [6, 6.07) is 5.69. The minimum Gasteiger partial charge on any atom is -0.543 e. The molecule has 12 heteroatoms. The van der Waals surface area contributed by atoms with Gasteiger partial charge in [0.2, 0.25) is 0 Å². The molecule has 1 fully saturated rings. The fourth-order valence-corrected chi connectivity index (χ4v) is 5.15. The Morgan fingerprint density at radius 1 is 1.03 bits per heavy atom. The maximum atomic E-state index is 13.3. The topological polar surface area (TPSA) is 41.6 Å². The molecule has 210 valence electrons. The van der Waals surface area contributed by atoms with Gasteiger partial charge in [-0.3, -0.25) is 4.79 Å². The molecule has 0 aromatic heterocycles. The minimum absolute atomic E-state index is 0.0175. The average Bonchev–Trinajstić information content (AvgIpc) is 2.79. The highest BCUT2D eigenvalue weighted by Crippen LogP contribution is 2.40. The van der Waals surface area contributed by atoms with Gasteiger partial charge in [-0.1, -0.05) is 38.4 Å². The Hall–Kier alpha value is -2.24. The number of benzene rings is 2. The van der Waals surface area contributed by atoms with Crippen LogP contribution in [0, 0.1) is 0 Å². The Bertz CT molecular complexity index is 1150. The number of carbonyl (C=O) groups is 1. The average molecular weight is 581 g/mol. The largest absolute Gasteiger partial charge is 0.543 e. The standard InChI is InChI=1S/C26H31ClF6N2O2Si/c1-24(2,3)38(4,5)37-22-11-16(6-7-21(22)27)10-20-15-34-8-9-35(20)23(36)17-12-18(25(28,29)30)14-19(13-17)26(31,32)33/h6-7,11-14,20,34H,8-10,15H2,1-5H3/t20-/m1/s1. The zero-order valence-electron chi connectivity index (χ0n) is 21.8. The second-order valence-corrected chi connectivity index (χ2v) is 16.1. The summed E-state index contributed by atoms with van der Waals surface area (Å²) in [6.45, 7) is 11.2. The predicted octanol–water partition coefficient (Wildman–Crippen LogP) is 7.42. The molecule has 1 N–H and O–H groups in total. The first-order chi connectivity index (χ1) is 17.3. The second-order valence-electron chi connectivity index (χ2n) is 11.0. The third-order valence-electron chi connectivity index (χ3n) is 7.08. The summed E-state index contributed by atoms with van der Waals surface area (Å²) in [4.78, 5) is 14.6. The van der Waals surface area contributed by atoms with Crippen molar-refractivity contribution in [1.82, 2.24) is 10.2 Å². The van der Waals surface area contributed by atoms with E-state index in [-0.39, 0.29) is 17.6 Å². The van der Waals surface area contributed by atoms with Crippen LogP contribution in [0.4, 0.5) is 26.3 Å². The van der Waals surface area contributed by atoms with Crippen molar-refractivity contribution in [3.05, 3.63) is 63.7 Å². The van der Waals surface area contributed by atoms with Crippen LogP contribution in [0.1, 0.15) is 47.8 Å². The van der Waals surface area contributed by atoms with Crippen molar-refractivity contribution in [2.75, 3.05) is 19.6 Å². The lowest BCUT2D eigenvalue weighted by Gasteiger charge is -2.38. The van der Waals surface area contributed by atoms with Crippen LogP contribution in [-0.4, -0.2) is 44.8 Å². The molecule has 1 heterocycles. The first-order valence-electron chi connectivity index (χ1n) is 12.1. The van der Waals surface area contributed by atoms with Crippen LogP contribution in [0.15, 0.2) is 36.4 Å². The zero-order chi connectivity index (χ0) is 28.7. The molecular weight excluding hydrogens is 550 g/mol. The molecule has 1 amide bonds. The van der Waals surface area contributed by atoms with E-state index in [0.717, 1.165) is 5.56 Å². The van der Waals surface area contributed by atoms with Gasteiger partial charge in [0.05, 0.1) is 16.1 Å². The van der Waals surface area contributed by atoms with Crippen molar-refractivity contribution in [1.29, 1.82) is 0 Å². The van der Waals surface area contributed by atoms with Crippen molar-refractivity contribution in [3.8, 4) is 5.75 Å². The number of hydrogen-bond donors (Lipinski definition) is 1. The number of halogens is 7. The Balaban J connectivity index is 1.92. The molecule has 1 atom stereocenters. The molecule has 0 unspecified atom stereocenters. The number of nitrogens with zero attached hydrogens (tertiary/aromatic N) is 1. The lowest BCUT2D eigenvalue weighted by Crippen LogP contribution is -2.54. The third-order valence-corrected chi connectivity index (χ3v) is 11.7. The fraction of sp³-hybridized carbons (Fsp3) is 0.500. The normalized spacial score (nSPS) is 17.5. The lowest BCUT2D eigenvalue weighted by molar-refractivity contribution is -0.143. The van der Waals surface area contributed by atoms with Gasteiger partial charge in [0.25, 0.3) is 14.2 Å². The van der Waals surface area contributed by atoms with Crippen LogP contribution < -0.4 is 9.74 Å². The van der Waals surface area contributed by atoms with Gasteiger partial charge < -0.3 is 14.6 Å². The molecule has 2 aromatic carbocycles. The monoisotopic (exact) mass is 580 g/mol. The molecule has 0 bridgehead atoms. The summed E-state index contributed by atoms with van der Waals surface area (Å²) in [6.07, 6.45) is -9.78. The Kier molecular flexibility index (Phi) is 8.56. The number of amides is 1. The SMILES string of the molecule is CC(C)(C)[Si](C)(C)Oc1cc(C[C@@H]2CNCCN2C(=O)c2cc(C(F)(F)F)cc(C(F)(F)F)c2)ccc1Cl. The summed E-state index contributed by atoms with van der Waals surface area (Å²) < 4.78 is 86.4. The van der Waals surface area contributed by atoms with Crippen molar-refractivity contribution >= 4 is 25.8 Å². The van der Waals surface area contributed by atoms with Gasteiger partial charge in [0.15, 0.2) is 0 Å². The van der Waals surface area contributed by atoms with Crippen LogP contribution in [0.5, 0.6) is 5.75 Å². The Morgan fingerprint density at radius 3 is 2.13 bits per heavy atom. The van der Waals surface area contributed by atoms with Gasteiger partial charge in [-0.25, -0.2) is 0 Å². The maximum Gasteiger partial charge on any atom is 0.416 e. The lowest BCUT2D eigenvalue weighted by atomic mass is 9.99. The van der Waals surface area contributed by atoms with Crippen LogP contribution in [-0.2, 0) is 18.8 Å². The van der Waals surface area contributed by atoms with E-state index in [2.05, 4.69) is 39.2 Å². The molecular formula is C26H31ClF6N2O2Si. The molecule has 1 aliphatic heterocycles. The summed E-state index contributed by atoms with van der Waals surface area (Å²) in [5, 5.41) is 3.49. The van der Waals surface area contributed by atoms with Crippen molar-refractivity contribution in [2.45, 2.75) is 63.7 Å². The van der Waals surface area contributed by atoms with Crippen molar-refractivity contribution in [3.63, 3.8) is 0 Å². The van der Waals surface area contributed by atoms with Crippen molar-refractivity contribution < 1.29 is 35.6 Å². The first kappa shape index (κ1) is 30.3. The number of hydrogen-bond acceptors (Lipinski definition) is 3. The predicted molar refractivity (Wildman–Crippen MR) is 137 cm³/mol. The van der Waals surface area contributed by atoms with E-state index in [9.17, 15) is 31.1 Å². The van der Waals surface area contributed by atoms with Gasteiger partial charge in [0.1, 0.15) is 5.75 Å². The van der Waals surface area contributed by atoms with Crippen LogP contribution in [0.25, 0.3) is 0 Å². The molecule has 1 aliphatic rings. The molecule has 0 spiro atoms. The molecule has 4 nitrogen and oxygen atoms in total. The van der Waals surface area contributed by atoms with E-state index in [1.165, 1.54) is 4.90 Å². The molecule has 3 rings (SSSR count). The van der Waals surface area contributed by atoms with Gasteiger partial charge in [0, 0.05) is 31.2 Å². The van der Waals surface area contributed by atoms with E-state index in [4.69, 9.17) is 16.0 Å². The number of rotatable bonds is 5. The molecule has 0 aliphatic carbocycles. The number of alkyl halides is 6. The smallest absolute Gasteiger partial charge is 0.416 e. The molecule has 1 saturated heterocycles. The molecule has 0 radical (unpaired) electrons. The fourth-order valence-electron chi connectivity index (χ4n) is 3.91. The summed E-state index contributed by atoms with van der Waals surface area (Å²) >= 11 is 6.39. The summed E-state index contributed by atoms with van der Waals surface area (Å²) in [7, 11) is -2.21. The van der Waals surface area contributed by atoms with Crippen molar-refractivity contribution in [2.24, 2.45) is 0 Å². The number of carbonyl (C=O) groups excluding carboxylic acids is 1. The highest BCUT2D eigenvalue weighted by Gasteiger charge is 2.40. The Labute approximate surface area is 224 Å². The van der Waals surface area contributed by atoms with Gasteiger partial charge in [-0.15, -0.1) is 0 Å². The van der Waals surface area contributed by atoms with Gasteiger partial charge >= 0.3 is 12.4 Å². The number of piperazine rings is 1. The van der Waals surface area contributed by atoms with E-state index in [1.54, 1.807) is 18.2 Å². The first-order valence-corrected chi connectivity index (χ1v) is 15.4. The van der Waals surface area contributed by atoms with E-state index in [1.807, 2.05) is 0 Å². The van der Waals surface area contributed by atoms with Gasteiger partial charge in [-0.2, -0.15) is 26.3 Å². The maximum absolute atomic E-state index is 13.3. The Morgan fingerprint density at radius 2 is 1.61 bits per heavy atom. The van der Waals surface area contributed by atoms with E-state index in [0.29, 0.717) is 42.4 Å². The van der Waals surface area contributed by atoms with Crippen LogP contribution in [0.2, 0.25) is 23.2 Å². The zero-order valence-corrected chi connectivity index (χ0v) is 23.5. The molecule has 0 saturated carbocycles. The molecule has 38 heavy (non-hydrogen) atoms. The van der Waals surface area contributed by atoms with E-state index < -0.39 is 49.3 Å². The van der Waals surface area contributed by atoms with Gasteiger partial charge in [-0.05, 0) is 60.4 Å². The third kappa shape index (κ3) is 7.03. The second kappa shape index (κ2) is 10.7. The summed E-state index contributed by atoms with van der Waals surface area (Å²) in [5.41, 5.74) is -2.92.